The number of anilines is 3. The molecule has 2 N–H and O–H groups in total. The van der Waals surface area contributed by atoms with Crippen LogP contribution in [0, 0.1) is 0 Å². The number of pyridine rings is 2. The molecule has 1 aromatic carbocycles. The Balaban J connectivity index is 1.66. The average molecular weight is 290 g/mol. The summed E-state index contributed by atoms with van der Waals surface area (Å²) in [6.07, 6.45) is 4.78. The highest BCUT2D eigenvalue weighted by Crippen LogP contribution is 2.16. The Morgan fingerprint density at radius 1 is 0.864 bits per heavy atom. The SMILES string of the molecule is O=C(Nc1ccc(Nc2ccccc2)nc1)c1ccncc1. The minimum atomic E-state index is -0.187. The van der Waals surface area contributed by atoms with Crippen LogP contribution in [0.3, 0.4) is 0 Å². The van der Waals surface area contributed by atoms with Crippen LogP contribution in [0.4, 0.5) is 17.2 Å². The van der Waals surface area contributed by atoms with Gasteiger partial charge in [0.15, 0.2) is 0 Å². The van der Waals surface area contributed by atoms with Crippen LogP contribution < -0.4 is 10.6 Å². The lowest BCUT2D eigenvalue weighted by Gasteiger charge is -2.07. The number of rotatable bonds is 4. The standard InChI is InChI=1S/C17H14N4O/c22-17(13-8-10-18-11-9-13)21-15-6-7-16(19-12-15)20-14-4-2-1-3-5-14/h1-12H,(H,19,20)(H,21,22). The lowest BCUT2D eigenvalue weighted by atomic mass is 10.2. The first kappa shape index (κ1) is 13.8. The van der Waals surface area contributed by atoms with E-state index in [0.29, 0.717) is 17.1 Å². The summed E-state index contributed by atoms with van der Waals surface area (Å²) in [5.41, 5.74) is 2.16. The topological polar surface area (TPSA) is 66.9 Å². The third-order valence-electron chi connectivity index (χ3n) is 3.01. The van der Waals surface area contributed by atoms with E-state index in [9.17, 15) is 4.79 Å². The number of carbonyl (C=O) groups is 1. The number of amides is 1. The lowest BCUT2D eigenvalue weighted by Crippen LogP contribution is -2.12. The van der Waals surface area contributed by atoms with Gasteiger partial charge >= 0.3 is 0 Å². The summed E-state index contributed by atoms with van der Waals surface area (Å²) in [5.74, 6) is 0.529. The van der Waals surface area contributed by atoms with Crippen LogP contribution in [0.25, 0.3) is 0 Å². The van der Waals surface area contributed by atoms with Gasteiger partial charge < -0.3 is 10.6 Å². The summed E-state index contributed by atoms with van der Waals surface area (Å²) in [7, 11) is 0. The van der Waals surface area contributed by atoms with Crippen LogP contribution in [0.5, 0.6) is 0 Å². The molecule has 0 fully saturated rings. The van der Waals surface area contributed by atoms with Crippen molar-refractivity contribution < 1.29 is 4.79 Å². The fourth-order valence-corrected chi connectivity index (χ4v) is 1.92. The molecule has 0 aliphatic rings. The van der Waals surface area contributed by atoms with Gasteiger partial charge in [-0.2, -0.15) is 0 Å². The predicted molar refractivity (Wildman–Crippen MR) is 86.2 cm³/mol. The van der Waals surface area contributed by atoms with Crippen molar-refractivity contribution >= 4 is 23.1 Å². The minimum Gasteiger partial charge on any atom is -0.340 e. The van der Waals surface area contributed by atoms with Crippen molar-refractivity contribution in [2.75, 3.05) is 10.6 Å². The summed E-state index contributed by atoms with van der Waals surface area (Å²) in [4.78, 5) is 20.2. The van der Waals surface area contributed by atoms with Crippen LogP contribution in [0.1, 0.15) is 10.4 Å². The van der Waals surface area contributed by atoms with E-state index in [4.69, 9.17) is 0 Å². The highest BCUT2D eigenvalue weighted by atomic mass is 16.1. The molecule has 2 heterocycles. The molecule has 0 aliphatic heterocycles. The number of carbonyl (C=O) groups excluding carboxylic acids is 1. The first-order valence-corrected chi connectivity index (χ1v) is 6.81. The number of benzene rings is 1. The van der Waals surface area contributed by atoms with Crippen LogP contribution in [-0.2, 0) is 0 Å². The van der Waals surface area contributed by atoms with E-state index in [1.54, 1.807) is 36.8 Å². The second-order valence-electron chi connectivity index (χ2n) is 4.61. The van der Waals surface area contributed by atoms with E-state index in [0.717, 1.165) is 5.69 Å². The van der Waals surface area contributed by atoms with Gasteiger partial charge in [0, 0.05) is 23.6 Å². The molecule has 5 heteroatoms. The molecule has 0 saturated carbocycles. The first-order valence-electron chi connectivity index (χ1n) is 6.81. The number of hydrogen-bond donors (Lipinski definition) is 2. The summed E-state index contributed by atoms with van der Waals surface area (Å²) in [6, 6.07) is 16.7. The highest BCUT2D eigenvalue weighted by Gasteiger charge is 2.05. The fraction of sp³-hybridized carbons (Fsp3) is 0. The zero-order valence-electron chi connectivity index (χ0n) is 11.7. The van der Waals surface area contributed by atoms with E-state index in [-0.39, 0.29) is 5.91 Å². The van der Waals surface area contributed by atoms with Gasteiger partial charge in [-0.25, -0.2) is 4.98 Å². The van der Waals surface area contributed by atoms with Gasteiger partial charge in [-0.3, -0.25) is 9.78 Å². The van der Waals surface area contributed by atoms with E-state index in [1.165, 1.54) is 0 Å². The maximum Gasteiger partial charge on any atom is 0.255 e. The lowest BCUT2D eigenvalue weighted by molar-refractivity contribution is 0.102. The molecule has 3 rings (SSSR count). The number of para-hydroxylation sites is 1. The minimum absolute atomic E-state index is 0.187. The number of hydrogen-bond acceptors (Lipinski definition) is 4. The third kappa shape index (κ3) is 3.46. The van der Waals surface area contributed by atoms with Crippen LogP contribution in [0.2, 0.25) is 0 Å². The largest absolute Gasteiger partial charge is 0.340 e. The Bertz CT molecular complexity index is 743. The third-order valence-corrected chi connectivity index (χ3v) is 3.01. The maximum atomic E-state index is 12.0. The van der Waals surface area contributed by atoms with Crippen molar-refractivity contribution in [3.8, 4) is 0 Å². The van der Waals surface area contributed by atoms with Crippen LogP contribution in [-0.4, -0.2) is 15.9 Å². The van der Waals surface area contributed by atoms with Gasteiger partial charge in [-0.1, -0.05) is 18.2 Å². The van der Waals surface area contributed by atoms with Crippen molar-refractivity contribution in [3.63, 3.8) is 0 Å². The average Bonchev–Trinajstić information content (AvgIpc) is 2.58. The quantitative estimate of drug-likeness (QED) is 0.772. The Kier molecular flexibility index (Phi) is 4.06. The Hall–Kier alpha value is -3.21. The molecule has 0 aliphatic carbocycles. The van der Waals surface area contributed by atoms with Crippen molar-refractivity contribution in [3.05, 3.63) is 78.8 Å². The molecule has 0 unspecified atom stereocenters. The van der Waals surface area contributed by atoms with Gasteiger partial charge in [-0.15, -0.1) is 0 Å². The molecular weight excluding hydrogens is 276 g/mol. The van der Waals surface area contributed by atoms with Crippen molar-refractivity contribution in [1.82, 2.24) is 9.97 Å². The van der Waals surface area contributed by atoms with Crippen molar-refractivity contribution in [2.24, 2.45) is 0 Å². The molecule has 3 aromatic rings. The smallest absolute Gasteiger partial charge is 0.255 e. The van der Waals surface area contributed by atoms with Crippen molar-refractivity contribution in [2.45, 2.75) is 0 Å². The Labute approximate surface area is 128 Å². The molecule has 22 heavy (non-hydrogen) atoms. The molecule has 5 nitrogen and oxygen atoms in total. The second-order valence-corrected chi connectivity index (χ2v) is 4.61. The molecule has 2 aromatic heterocycles. The zero-order valence-corrected chi connectivity index (χ0v) is 11.7. The number of nitrogens with zero attached hydrogens (tertiary/aromatic N) is 2. The van der Waals surface area contributed by atoms with Gasteiger partial charge in [-0.05, 0) is 36.4 Å². The van der Waals surface area contributed by atoms with Crippen molar-refractivity contribution in [1.29, 1.82) is 0 Å². The number of nitrogens with one attached hydrogen (secondary N) is 2. The zero-order chi connectivity index (χ0) is 15.2. The molecule has 1 amide bonds. The normalized spacial score (nSPS) is 10.0. The van der Waals surface area contributed by atoms with Gasteiger partial charge in [0.05, 0.1) is 11.9 Å². The molecule has 0 atom stereocenters. The number of aromatic nitrogens is 2. The van der Waals surface area contributed by atoms with Gasteiger partial charge in [0.2, 0.25) is 0 Å². The monoisotopic (exact) mass is 290 g/mol. The van der Waals surface area contributed by atoms with E-state index in [2.05, 4.69) is 20.6 Å². The molecule has 0 saturated heterocycles. The van der Waals surface area contributed by atoms with Gasteiger partial charge in [0.25, 0.3) is 5.91 Å². The highest BCUT2D eigenvalue weighted by molar-refractivity contribution is 6.04. The molecule has 0 radical (unpaired) electrons. The Morgan fingerprint density at radius 3 is 2.32 bits per heavy atom. The second kappa shape index (κ2) is 6.49. The summed E-state index contributed by atoms with van der Waals surface area (Å²) in [6.45, 7) is 0. The molecule has 108 valence electrons. The summed E-state index contributed by atoms with van der Waals surface area (Å²) >= 11 is 0. The van der Waals surface area contributed by atoms with Crippen LogP contribution in [0.15, 0.2) is 73.2 Å². The summed E-state index contributed by atoms with van der Waals surface area (Å²) < 4.78 is 0. The fourth-order valence-electron chi connectivity index (χ4n) is 1.92. The summed E-state index contributed by atoms with van der Waals surface area (Å²) in [5, 5.41) is 5.98. The predicted octanol–water partition coefficient (Wildman–Crippen LogP) is 3.47. The van der Waals surface area contributed by atoms with Gasteiger partial charge in [0.1, 0.15) is 5.82 Å². The first-order chi connectivity index (χ1) is 10.8. The molecule has 0 bridgehead atoms. The molecular formula is C17H14N4O. The molecule has 0 spiro atoms. The Morgan fingerprint density at radius 2 is 1.64 bits per heavy atom. The van der Waals surface area contributed by atoms with E-state index >= 15 is 0 Å². The maximum absolute atomic E-state index is 12.0. The van der Waals surface area contributed by atoms with E-state index in [1.807, 2.05) is 36.4 Å². The van der Waals surface area contributed by atoms with Crippen LogP contribution >= 0.6 is 0 Å². The van der Waals surface area contributed by atoms with E-state index < -0.39 is 0 Å².